The molecule has 0 atom stereocenters. The molecule has 0 aliphatic rings. The second-order valence-corrected chi connectivity index (χ2v) is 9.22. The molecule has 0 bridgehead atoms. The summed E-state index contributed by atoms with van der Waals surface area (Å²) in [4.78, 5) is 12.5. The van der Waals surface area contributed by atoms with E-state index >= 15 is 0 Å². The SMILES string of the molecule is Cc1ccc(Cl)cc1-n1c(CNC(=O)CCc2ccccc2)nnc1SCc1ccc(F)cc1. The summed E-state index contributed by atoms with van der Waals surface area (Å²) < 4.78 is 15.2. The molecule has 0 saturated heterocycles. The van der Waals surface area contributed by atoms with Crippen molar-refractivity contribution in [3.63, 3.8) is 0 Å². The molecule has 0 saturated carbocycles. The van der Waals surface area contributed by atoms with Crippen LogP contribution in [-0.4, -0.2) is 20.7 Å². The Morgan fingerprint density at radius 3 is 2.56 bits per heavy atom. The quantitative estimate of drug-likeness (QED) is 0.294. The molecular weight excluding hydrogens is 471 g/mol. The number of aryl methyl sites for hydroxylation is 2. The monoisotopic (exact) mass is 494 g/mol. The van der Waals surface area contributed by atoms with Crippen molar-refractivity contribution in [3.05, 3.63) is 106 Å². The average Bonchev–Trinajstić information content (AvgIpc) is 3.25. The van der Waals surface area contributed by atoms with Gasteiger partial charge in [-0.1, -0.05) is 71.9 Å². The Balaban J connectivity index is 1.51. The number of thioether (sulfide) groups is 1. The van der Waals surface area contributed by atoms with E-state index in [1.54, 1.807) is 12.1 Å². The molecule has 0 aliphatic carbocycles. The molecule has 174 valence electrons. The minimum atomic E-state index is -0.267. The summed E-state index contributed by atoms with van der Waals surface area (Å²) in [6, 6.07) is 21.9. The highest BCUT2D eigenvalue weighted by molar-refractivity contribution is 7.98. The smallest absolute Gasteiger partial charge is 0.220 e. The molecule has 0 unspecified atom stereocenters. The van der Waals surface area contributed by atoms with Crippen LogP contribution in [0.5, 0.6) is 0 Å². The number of hydrogen-bond acceptors (Lipinski definition) is 4. The maximum atomic E-state index is 13.2. The molecule has 4 rings (SSSR count). The van der Waals surface area contributed by atoms with Crippen molar-refractivity contribution in [2.75, 3.05) is 0 Å². The molecule has 0 radical (unpaired) electrons. The van der Waals surface area contributed by atoms with Crippen LogP contribution in [0.3, 0.4) is 0 Å². The van der Waals surface area contributed by atoms with Crippen molar-refractivity contribution in [3.8, 4) is 5.69 Å². The molecule has 1 heterocycles. The van der Waals surface area contributed by atoms with E-state index in [0.29, 0.717) is 34.6 Å². The number of nitrogens with zero attached hydrogens (tertiary/aromatic N) is 3. The topological polar surface area (TPSA) is 59.8 Å². The predicted molar refractivity (Wildman–Crippen MR) is 134 cm³/mol. The molecule has 1 amide bonds. The lowest BCUT2D eigenvalue weighted by atomic mass is 10.1. The highest BCUT2D eigenvalue weighted by Crippen LogP contribution is 2.28. The summed E-state index contributed by atoms with van der Waals surface area (Å²) in [6.45, 7) is 2.23. The molecule has 1 N–H and O–H groups in total. The van der Waals surface area contributed by atoms with Gasteiger partial charge in [-0.05, 0) is 54.3 Å². The third-order valence-corrected chi connectivity index (χ3v) is 6.56. The van der Waals surface area contributed by atoms with Crippen LogP contribution in [0.15, 0.2) is 78.0 Å². The van der Waals surface area contributed by atoms with Gasteiger partial charge in [0.15, 0.2) is 11.0 Å². The van der Waals surface area contributed by atoms with Crippen LogP contribution in [-0.2, 0) is 23.5 Å². The van der Waals surface area contributed by atoms with E-state index in [4.69, 9.17) is 11.6 Å². The fraction of sp³-hybridized carbons (Fsp3) is 0.192. The molecule has 1 aromatic heterocycles. The molecule has 0 spiro atoms. The van der Waals surface area contributed by atoms with Crippen molar-refractivity contribution in [1.29, 1.82) is 0 Å². The van der Waals surface area contributed by atoms with Crippen LogP contribution in [0.1, 0.15) is 28.9 Å². The van der Waals surface area contributed by atoms with Gasteiger partial charge in [0.1, 0.15) is 5.82 Å². The van der Waals surface area contributed by atoms with Gasteiger partial charge in [-0.25, -0.2) is 4.39 Å². The largest absolute Gasteiger partial charge is 0.349 e. The van der Waals surface area contributed by atoms with Gasteiger partial charge >= 0.3 is 0 Å². The fourth-order valence-corrected chi connectivity index (χ4v) is 4.56. The number of carbonyl (C=O) groups excluding carboxylic acids is 1. The van der Waals surface area contributed by atoms with Crippen molar-refractivity contribution in [2.24, 2.45) is 0 Å². The van der Waals surface area contributed by atoms with Crippen LogP contribution >= 0.6 is 23.4 Å². The first-order valence-electron chi connectivity index (χ1n) is 10.9. The molecule has 8 heteroatoms. The standard InChI is InChI=1S/C26H24ClFN4OS/c1-18-7-11-21(27)15-23(18)32-24(16-29-25(33)14-10-19-5-3-2-4-6-19)30-31-26(32)34-17-20-8-12-22(28)13-9-20/h2-9,11-13,15H,10,14,16-17H2,1H3,(H,29,33). The van der Waals surface area contributed by atoms with Gasteiger partial charge < -0.3 is 5.32 Å². The van der Waals surface area contributed by atoms with E-state index in [0.717, 1.165) is 22.4 Å². The van der Waals surface area contributed by atoms with Crippen molar-refractivity contribution in [2.45, 2.75) is 37.2 Å². The van der Waals surface area contributed by atoms with Crippen molar-refractivity contribution in [1.82, 2.24) is 20.1 Å². The number of rotatable bonds is 9. The Bertz CT molecular complexity index is 1260. The highest BCUT2D eigenvalue weighted by atomic mass is 35.5. The number of aromatic nitrogens is 3. The highest BCUT2D eigenvalue weighted by Gasteiger charge is 2.17. The molecule has 5 nitrogen and oxygen atoms in total. The van der Waals surface area contributed by atoms with E-state index in [1.807, 2.05) is 60.0 Å². The van der Waals surface area contributed by atoms with Gasteiger partial charge in [0, 0.05) is 17.2 Å². The minimum Gasteiger partial charge on any atom is -0.349 e. The van der Waals surface area contributed by atoms with Gasteiger partial charge in [0.05, 0.1) is 12.2 Å². The van der Waals surface area contributed by atoms with E-state index in [1.165, 1.54) is 23.9 Å². The second-order valence-electron chi connectivity index (χ2n) is 7.84. The number of halogens is 2. The maximum Gasteiger partial charge on any atom is 0.220 e. The number of carbonyl (C=O) groups is 1. The van der Waals surface area contributed by atoms with Gasteiger partial charge in [0.25, 0.3) is 0 Å². The Morgan fingerprint density at radius 1 is 1.03 bits per heavy atom. The normalized spacial score (nSPS) is 10.9. The number of benzene rings is 3. The summed E-state index contributed by atoms with van der Waals surface area (Å²) >= 11 is 7.78. The van der Waals surface area contributed by atoms with Crippen molar-refractivity contribution < 1.29 is 9.18 Å². The summed E-state index contributed by atoms with van der Waals surface area (Å²) in [5.41, 5.74) is 3.95. The van der Waals surface area contributed by atoms with Gasteiger partial charge in [0.2, 0.25) is 5.91 Å². The molecule has 0 aliphatic heterocycles. The molecule has 3 aromatic carbocycles. The Hall–Kier alpha value is -3.16. The summed E-state index contributed by atoms with van der Waals surface area (Å²) in [7, 11) is 0. The maximum absolute atomic E-state index is 13.2. The zero-order valence-electron chi connectivity index (χ0n) is 18.7. The predicted octanol–water partition coefficient (Wildman–Crippen LogP) is 5.91. The molecule has 0 fully saturated rings. The van der Waals surface area contributed by atoms with Crippen LogP contribution in [0, 0.1) is 12.7 Å². The van der Waals surface area contributed by atoms with Crippen LogP contribution < -0.4 is 5.32 Å². The van der Waals surface area contributed by atoms with E-state index < -0.39 is 0 Å². The second kappa shape index (κ2) is 11.3. The zero-order chi connectivity index (χ0) is 23.9. The lowest BCUT2D eigenvalue weighted by Crippen LogP contribution is -2.25. The summed E-state index contributed by atoms with van der Waals surface area (Å²) in [5, 5.41) is 13.0. The minimum absolute atomic E-state index is 0.0539. The summed E-state index contributed by atoms with van der Waals surface area (Å²) in [6.07, 6.45) is 1.06. The van der Waals surface area contributed by atoms with E-state index in [-0.39, 0.29) is 18.3 Å². The van der Waals surface area contributed by atoms with E-state index in [2.05, 4.69) is 15.5 Å². The lowest BCUT2D eigenvalue weighted by Gasteiger charge is -2.14. The van der Waals surface area contributed by atoms with Crippen molar-refractivity contribution >= 4 is 29.3 Å². The number of hydrogen-bond donors (Lipinski definition) is 1. The fourth-order valence-electron chi connectivity index (χ4n) is 3.47. The average molecular weight is 495 g/mol. The first-order chi connectivity index (χ1) is 16.5. The molecule has 4 aromatic rings. The van der Waals surface area contributed by atoms with Gasteiger partial charge in [-0.3, -0.25) is 9.36 Å². The zero-order valence-corrected chi connectivity index (χ0v) is 20.2. The first-order valence-corrected chi connectivity index (χ1v) is 12.2. The van der Waals surface area contributed by atoms with Crippen LogP contribution in [0.2, 0.25) is 5.02 Å². The summed E-state index contributed by atoms with van der Waals surface area (Å²) in [5.74, 6) is 0.889. The molecule has 34 heavy (non-hydrogen) atoms. The lowest BCUT2D eigenvalue weighted by molar-refractivity contribution is -0.121. The molecular formula is C26H24ClFN4OS. The number of nitrogens with one attached hydrogen (secondary N) is 1. The third-order valence-electron chi connectivity index (χ3n) is 5.32. The Labute approximate surface area is 207 Å². The van der Waals surface area contributed by atoms with Crippen LogP contribution in [0.25, 0.3) is 5.69 Å². The number of amides is 1. The first kappa shape index (κ1) is 24.0. The van der Waals surface area contributed by atoms with Gasteiger partial charge in [-0.2, -0.15) is 0 Å². The third kappa shape index (κ3) is 6.24. The Kier molecular flexibility index (Phi) is 7.98. The van der Waals surface area contributed by atoms with Crippen LogP contribution in [0.4, 0.5) is 4.39 Å². The van der Waals surface area contributed by atoms with Gasteiger partial charge in [-0.15, -0.1) is 10.2 Å². The van der Waals surface area contributed by atoms with E-state index in [9.17, 15) is 9.18 Å². The Morgan fingerprint density at radius 2 is 1.79 bits per heavy atom.